The van der Waals surface area contributed by atoms with Gasteiger partial charge < -0.3 is 44.5 Å². The van der Waals surface area contributed by atoms with Crippen molar-refractivity contribution in [1.29, 1.82) is 0 Å². The summed E-state index contributed by atoms with van der Waals surface area (Å²) in [4.78, 5) is 66.8. The molecule has 21 nitrogen and oxygen atoms in total. The first-order valence-corrected chi connectivity index (χ1v) is 25.2. The number of nitrogens with one attached hydrogen (secondary N) is 1. The van der Waals surface area contributed by atoms with Crippen LogP contribution < -0.4 is 11.1 Å². The average molecular weight is 2090 g/mol. The van der Waals surface area contributed by atoms with Gasteiger partial charge in [-0.05, 0) is 86.3 Å². The van der Waals surface area contributed by atoms with E-state index in [4.69, 9.17) is 299 Å². The average Bonchev–Trinajstić information content (AvgIpc) is 1.71. The summed E-state index contributed by atoms with van der Waals surface area (Å²) in [5, 5.41) is 19.8. The number of rotatable bonds is 7. The highest BCUT2D eigenvalue weighted by molar-refractivity contribution is 6.04. The van der Waals surface area contributed by atoms with Gasteiger partial charge >= 0.3 is 18.2 Å². The van der Waals surface area contributed by atoms with Crippen LogP contribution in [-0.4, -0.2) is 118 Å². The van der Waals surface area contributed by atoms with Crippen LogP contribution in [0.1, 0.15) is 74.3 Å². The quantitative estimate of drug-likeness (QED) is 0.0989. The standard InChI is InChI=1S/C23H22N6O4.C14H16N4O3.C9H8N2O2.CH4.30F2.FH/c1-13-6-7-29-18(10-24-19(29)8-13)21(30)25-17-9-15(5-4-14(17)2)20-26-22(33-27-20)16-11-28(12-16)23(31)32-3;1-8-3-4-9(5-11(8)15)12-16-13(21-17-12)10-6-18(7-10)14(19)20-2;1-6-2-3-11-7(9(12)13)5-10-8(11)4-6;;30*1-2;/h4-10,16H,11-12H2,1-3H3,(H,25,30);3-5,10H,6-7,15H2,1-2H3;2-5H,1H3,(H,12,13);1H4;;;;;;;;;;;;;;;;;;;;;;;;;;;;;;;1H. The molecule has 2 fully saturated rings. The van der Waals surface area contributed by atoms with Crippen molar-refractivity contribution in [3.8, 4) is 22.8 Å². The summed E-state index contributed by atoms with van der Waals surface area (Å²) in [5.41, 5.74) is 14.8. The summed E-state index contributed by atoms with van der Waals surface area (Å²) < 4.78 is 503. The summed E-state index contributed by atoms with van der Waals surface area (Å²) >= 11 is 0. The Labute approximate surface area is 670 Å². The van der Waals surface area contributed by atoms with Crippen molar-refractivity contribution in [2.45, 2.75) is 47.0 Å². The molecule has 82 heteroatoms. The first kappa shape index (κ1) is 185. The fourth-order valence-corrected chi connectivity index (χ4v) is 7.22. The normalized spacial score (nSPS) is 8.39. The lowest BCUT2D eigenvalue weighted by Crippen LogP contribution is -2.48. The molecule has 4 N–H and O–H groups in total. The summed E-state index contributed by atoms with van der Waals surface area (Å²) in [5.74, 6) is 0.744. The van der Waals surface area contributed by atoms with Crippen LogP contribution in [0.25, 0.3) is 34.1 Å². The fourth-order valence-electron chi connectivity index (χ4n) is 7.22. The first-order valence-electron chi connectivity index (χ1n) is 25.2. The van der Waals surface area contributed by atoms with Gasteiger partial charge in [0.25, 0.3) is 5.91 Å². The number of methoxy groups -OCH3 is 2. The number of amides is 3. The van der Waals surface area contributed by atoms with E-state index in [0.717, 1.165) is 27.8 Å². The Morgan fingerprint density at radius 3 is 0.884 bits per heavy atom. The summed E-state index contributed by atoms with van der Waals surface area (Å²) in [6.07, 6.45) is 5.75. The van der Waals surface area contributed by atoms with Gasteiger partial charge in [-0.2, -0.15) is 9.97 Å². The van der Waals surface area contributed by atoms with Crippen LogP contribution >= 0.6 is 0 Å². The minimum atomic E-state index is -0.962. The molecule has 0 radical (unpaired) electrons. The van der Waals surface area contributed by atoms with Gasteiger partial charge in [0, 0.05) is 336 Å². The molecule has 780 valence electrons. The zero-order valence-corrected chi connectivity index (χ0v) is 60.4. The number of halogens is 61. The number of hydrogen-bond acceptors (Lipinski definition) is 15. The SMILES string of the molecule is C.COC(=O)N1CC(c2nc(-c3ccc(C)c(N)c3)no2)C1.COC(=O)N1CC(c2nc(-c3ccc(C)c(NC(=O)c4cnc5cc(C)ccn45)c3)no2)C1.Cc1ccn2c(C(=O)O)cnc2c1.F.FF.FF.FF.FF.FF.FF.FF.FF.FF.FF.FF.FF.FF.FF.FF.FF.FF.FF.FF.FF.FF.FF.FF.FF.FF.FF.FF.FF.FF.FF. The molecule has 2 saturated heterocycles. The molecule has 8 heterocycles. The number of aromatic nitrogens is 8. The van der Waals surface area contributed by atoms with E-state index in [1.807, 2.05) is 94.6 Å². The van der Waals surface area contributed by atoms with Gasteiger partial charge in [-0.25, -0.2) is 24.4 Å². The zero-order valence-electron chi connectivity index (χ0n) is 60.4. The second-order valence-corrected chi connectivity index (χ2v) is 16.1. The van der Waals surface area contributed by atoms with Crippen LogP contribution in [-0.2, 0) is 9.47 Å². The molecule has 0 aliphatic carbocycles. The number of carboxylic acids is 1. The molecule has 0 spiro atoms. The van der Waals surface area contributed by atoms with E-state index >= 15 is 0 Å². The number of nitrogen functional groups attached to an aromatic ring is 1. The van der Waals surface area contributed by atoms with E-state index in [0.29, 0.717) is 83.5 Å². The summed E-state index contributed by atoms with van der Waals surface area (Å²) in [7, 11) is 2.72. The van der Waals surface area contributed by atoms with Crippen molar-refractivity contribution in [2.24, 2.45) is 0 Å². The summed E-state index contributed by atoms with van der Waals surface area (Å²) in [6.45, 7) is 9.78. The Balaban J connectivity index is -0.0000000432. The van der Waals surface area contributed by atoms with Gasteiger partial charge in [0.15, 0.2) is 5.69 Å². The molecular weight excluding hydrogens is 2040 g/mol. The van der Waals surface area contributed by atoms with E-state index in [9.17, 15) is 19.2 Å². The van der Waals surface area contributed by atoms with Crippen LogP contribution in [0.4, 0.5) is 300 Å². The van der Waals surface area contributed by atoms with Gasteiger partial charge in [-0.15, -0.1) is 0 Å². The Morgan fingerprint density at radius 2 is 0.628 bits per heavy atom. The molecule has 6 aromatic heterocycles. The number of fused-ring (bicyclic) bond motifs is 2. The van der Waals surface area contributed by atoms with E-state index in [-0.39, 0.29) is 47.8 Å². The van der Waals surface area contributed by atoms with E-state index < -0.39 is 5.97 Å². The number of nitrogens with zero attached hydrogens (tertiary/aromatic N) is 10. The number of pyridine rings is 2. The van der Waals surface area contributed by atoms with Crippen LogP contribution in [0.3, 0.4) is 0 Å². The number of benzene rings is 2. The molecule has 0 atom stereocenters. The molecule has 10 rings (SSSR count). The third kappa shape index (κ3) is 85.7. The minimum Gasteiger partial charge on any atom is -0.477 e. The van der Waals surface area contributed by atoms with Crippen molar-refractivity contribution in [2.75, 3.05) is 51.4 Å². The predicted octanol–water partition coefficient (Wildman–Crippen LogP) is 32.6. The Kier molecular flexibility index (Phi) is 243. The van der Waals surface area contributed by atoms with Crippen LogP contribution in [0.15, 0.2) is 94.5 Å². The van der Waals surface area contributed by atoms with Crippen molar-refractivity contribution < 1.29 is 322 Å². The van der Waals surface area contributed by atoms with E-state index in [1.54, 1.807) is 31.0 Å². The molecule has 0 unspecified atom stereocenters. The van der Waals surface area contributed by atoms with Gasteiger partial charge in [-0.1, -0.05) is 42.0 Å². The number of aryl methyl sites for hydroxylation is 4. The monoisotopic (exact) mass is 2090 g/mol. The van der Waals surface area contributed by atoms with Crippen LogP contribution in [0, 0.1) is 27.7 Å². The Morgan fingerprint density at radius 1 is 0.380 bits per heavy atom. The number of hydrogen-bond donors (Lipinski definition) is 3. The molecule has 0 bridgehead atoms. The van der Waals surface area contributed by atoms with Crippen molar-refractivity contribution in [1.82, 2.24) is 48.9 Å². The van der Waals surface area contributed by atoms with Gasteiger partial charge in [0.2, 0.25) is 23.4 Å². The number of imidazole rings is 2. The first-order chi connectivity index (χ1) is 62.2. The van der Waals surface area contributed by atoms with Gasteiger partial charge in [-0.3, -0.25) is 18.3 Å². The smallest absolute Gasteiger partial charge is 0.409 e. The number of carbonyl (C=O) groups excluding carboxylic acids is 3. The van der Waals surface area contributed by atoms with Gasteiger partial charge in [0.05, 0.1) is 38.4 Å². The molecular formula is C47H51F61N12O9. The number of nitrogens with two attached hydrogens (primary N) is 1. The maximum absolute atomic E-state index is 13.0. The number of likely N-dealkylation sites (tertiary alicyclic amines) is 2. The Hall–Kier alpha value is -12.9. The number of aromatic carboxylic acids is 1. The second kappa shape index (κ2) is 169. The molecule has 0 saturated carbocycles. The predicted molar refractivity (Wildman–Crippen MR) is 317 cm³/mol. The molecule has 8 aromatic rings. The fraction of sp³-hybridized carbons (Fsp3) is 0.277. The highest BCUT2D eigenvalue weighted by Crippen LogP contribution is 2.31. The van der Waals surface area contributed by atoms with Crippen molar-refractivity contribution >= 4 is 46.7 Å². The van der Waals surface area contributed by atoms with Crippen LogP contribution in [0.5, 0.6) is 0 Å². The van der Waals surface area contributed by atoms with Crippen LogP contribution in [0.2, 0.25) is 0 Å². The maximum atomic E-state index is 13.0. The number of ether oxygens (including phenoxy) is 2. The molecule has 2 aliphatic rings. The maximum Gasteiger partial charge on any atom is 0.409 e. The molecule has 129 heavy (non-hydrogen) atoms. The number of anilines is 2. The zero-order chi connectivity index (χ0) is 108. The third-order valence-electron chi connectivity index (χ3n) is 11.3. The lowest BCUT2D eigenvalue weighted by molar-refractivity contribution is 0.0688. The third-order valence-corrected chi connectivity index (χ3v) is 11.3. The summed E-state index contributed by atoms with van der Waals surface area (Å²) in [6, 6.07) is 18.8. The highest BCUT2D eigenvalue weighted by Gasteiger charge is 2.37. The molecule has 3 amide bonds. The van der Waals surface area contributed by atoms with E-state index in [1.165, 1.54) is 20.4 Å². The topological polar surface area (TPSA) is 264 Å². The van der Waals surface area contributed by atoms with Crippen molar-refractivity contribution in [3.05, 3.63) is 131 Å². The highest BCUT2D eigenvalue weighted by atomic mass is 20.1. The lowest BCUT2D eigenvalue weighted by atomic mass is 10.0. The largest absolute Gasteiger partial charge is 0.477 e. The second-order valence-electron chi connectivity index (χ2n) is 16.1. The Bertz CT molecular complexity index is 3270. The van der Waals surface area contributed by atoms with Gasteiger partial charge in [0.1, 0.15) is 17.0 Å². The minimum absolute atomic E-state index is 0. The molecule has 2 aromatic carbocycles. The lowest BCUT2D eigenvalue weighted by Gasteiger charge is -2.35. The molecule has 2 aliphatic heterocycles. The number of carboxylic acid groups (broad SMARTS) is 1. The number of carbonyl (C=O) groups is 4. The van der Waals surface area contributed by atoms with E-state index in [2.05, 4.69) is 40.3 Å². The van der Waals surface area contributed by atoms with Crippen molar-refractivity contribution in [3.63, 3.8) is 0 Å².